The molecule has 0 atom stereocenters. The molecule has 3 aromatic rings. The summed E-state index contributed by atoms with van der Waals surface area (Å²) >= 11 is 0. The molecule has 0 amide bonds. The van der Waals surface area contributed by atoms with Crippen molar-refractivity contribution >= 4 is 11.9 Å². The summed E-state index contributed by atoms with van der Waals surface area (Å²) in [5, 5.41) is 0. The molecule has 0 spiro atoms. The van der Waals surface area contributed by atoms with Gasteiger partial charge in [-0.25, -0.2) is 9.59 Å². The van der Waals surface area contributed by atoms with E-state index in [1.807, 2.05) is 54.6 Å². The van der Waals surface area contributed by atoms with Crippen LogP contribution in [0.15, 0.2) is 78.9 Å². The third-order valence-electron chi connectivity index (χ3n) is 5.06. The maximum Gasteiger partial charge on any atom is 0.338 e. The number of rotatable bonds is 12. The molecule has 0 radical (unpaired) electrons. The first-order valence-electron chi connectivity index (χ1n) is 11.4. The Labute approximate surface area is 195 Å². The van der Waals surface area contributed by atoms with Crippen LogP contribution in [0.1, 0.15) is 65.3 Å². The van der Waals surface area contributed by atoms with Gasteiger partial charge in [-0.3, -0.25) is 0 Å². The summed E-state index contributed by atoms with van der Waals surface area (Å²) in [6.07, 6.45) is 5.42. The minimum Gasteiger partial charge on any atom is -0.462 e. The van der Waals surface area contributed by atoms with Gasteiger partial charge < -0.3 is 14.2 Å². The molecule has 0 fully saturated rings. The Bertz CT molecular complexity index is 1030. The van der Waals surface area contributed by atoms with Crippen LogP contribution in [0, 0.1) is 0 Å². The van der Waals surface area contributed by atoms with Gasteiger partial charge in [0.1, 0.15) is 18.1 Å². The first kappa shape index (κ1) is 24.1. The van der Waals surface area contributed by atoms with Crippen LogP contribution in [0.3, 0.4) is 0 Å². The van der Waals surface area contributed by atoms with Gasteiger partial charge >= 0.3 is 11.9 Å². The molecule has 0 saturated carbocycles. The zero-order valence-corrected chi connectivity index (χ0v) is 19.0. The van der Waals surface area contributed by atoms with Gasteiger partial charge in [-0.1, -0.05) is 69.0 Å². The van der Waals surface area contributed by atoms with Gasteiger partial charge in [0.2, 0.25) is 0 Å². The van der Waals surface area contributed by atoms with E-state index in [1.165, 1.54) is 18.9 Å². The summed E-state index contributed by atoms with van der Waals surface area (Å²) in [7, 11) is 0. The van der Waals surface area contributed by atoms with Crippen molar-refractivity contribution in [2.75, 3.05) is 6.61 Å². The minimum atomic E-state index is -0.501. The number of hydrogen-bond acceptors (Lipinski definition) is 5. The lowest BCUT2D eigenvalue weighted by Gasteiger charge is -2.09. The maximum absolute atomic E-state index is 12.5. The highest BCUT2D eigenvalue weighted by molar-refractivity contribution is 5.95. The lowest BCUT2D eigenvalue weighted by Crippen LogP contribution is -2.10. The standard InChI is InChI=1S/C28H30O5/c1-2-3-4-5-9-18-31-27(29)23-13-11-14-24(20-23)28(30)32-21-22-12-10-17-26(19-22)33-25-15-7-6-8-16-25/h6-8,10-17,19-20H,2-5,9,18,21H2,1H3. The lowest BCUT2D eigenvalue weighted by molar-refractivity contribution is 0.0472. The van der Waals surface area contributed by atoms with Crippen LogP contribution >= 0.6 is 0 Å². The van der Waals surface area contributed by atoms with Crippen molar-refractivity contribution in [2.24, 2.45) is 0 Å². The monoisotopic (exact) mass is 446 g/mol. The molecule has 0 heterocycles. The molecular weight excluding hydrogens is 416 g/mol. The van der Waals surface area contributed by atoms with Crippen molar-refractivity contribution in [1.29, 1.82) is 0 Å². The SMILES string of the molecule is CCCCCCCOC(=O)c1cccc(C(=O)OCc2cccc(Oc3ccccc3)c2)c1. The second-order valence-corrected chi connectivity index (χ2v) is 7.77. The zero-order chi connectivity index (χ0) is 23.3. The zero-order valence-electron chi connectivity index (χ0n) is 19.0. The van der Waals surface area contributed by atoms with Crippen molar-refractivity contribution in [2.45, 2.75) is 45.6 Å². The van der Waals surface area contributed by atoms with Crippen molar-refractivity contribution in [3.8, 4) is 11.5 Å². The predicted octanol–water partition coefficient (Wildman–Crippen LogP) is 6.96. The van der Waals surface area contributed by atoms with Gasteiger partial charge in [-0.15, -0.1) is 0 Å². The molecule has 33 heavy (non-hydrogen) atoms. The fourth-order valence-corrected chi connectivity index (χ4v) is 3.28. The summed E-state index contributed by atoms with van der Waals surface area (Å²) in [6.45, 7) is 2.64. The predicted molar refractivity (Wildman–Crippen MR) is 128 cm³/mol. The second-order valence-electron chi connectivity index (χ2n) is 7.77. The number of para-hydroxylation sites is 1. The Balaban J connectivity index is 1.50. The van der Waals surface area contributed by atoms with Gasteiger partial charge in [0, 0.05) is 0 Å². The highest BCUT2D eigenvalue weighted by Gasteiger charge is 2.13. The highest BCUT2D eigenvalue weighted by atomic mass is 16.5. The van der Waals surface area contributed by atoms with E-state index >= 15 is 0 Å². The normalized spacial score (nSPS) is 10.5. The Kier molecular flexibility index (Phi) is 9.52. The molecule has 5 nitrogen and oxygen atoms in total. The number of esters is 2. The molecule has 172 valence electrons. The van der Waals surface area contributed by atoms with Crippen LogP contribution in [0.5, 0.6) is 11.5 Å². The van der Waals surface area contributed by atoms with E-state index in [9.17, 15) is 9.59 Å². The summed E-state index contributed by atoms with van der Waals surface area (Å²) < 4.78 is 16.6. The molecule has 0 aromatic heterocycles. The number of ether oxygens (including phenoxy) is 3. The molecular formula is C28H30O5. The van der Waals surface area contributed by atoms with Crippen LogP contribution < -0.4 is 4.74 Å². The average molecular weight is 447 g/mol. The van der Waals surface area contributed by atoms with Crippen LogP contribution in [-0.4, -0.2) is 18.5 Å². The van der Waals surface area contributed by atoms with Gasteiger partial charge in [-0.2, -0.15) is 0 Å². The number of benzene rings is 3. The van der Waals surface area contributed by atoms with Crippen LogP contribution in [0.2, 0.25) is 0 Å². The quantitative estimate of drug-likeness (QED) is 0.222. The Morgan fingerprint density at radius 3 is 2.09 bits per heavy atom. The van der Waals surface area contributed by atoms with Gasteiger partial charge in [-0.05, 0) is 54.4 Å². The lowest BCUT2D eigenvalue weighted by atomic mass is 10.1. The first-order valence-corrected chi connectivity index (χ1v) is 11.4. The van der Waals surface area contributed by atoms with E-state index in [0.29, 0.717) is 23.5 Å². The van der Waals surface area contributed by atoms with Crippen molar-refractivity contribution < 1.29 is 23.8 Å². The fraction of sp³-hybridized carbons (Fsp3) is 0.286. The maximum atomic E-state index is 12.5. The Morgan fingerprint density at radius 2 is 1.33 bits per heavy atom. The Morgan fingerprint density at radius 1 is 0.667 bits per heavy atom. The summed E-state index contributed by atoms with van der Waals surface area (Å²) in [5.41, 5.74) is 1.45. The molecule has 0 aliphatic carbocycles. The third-order valence-corrected chi connectivity index (χ3v) is 5.06. The van der Waals surface area contributed by atoms with Crippen LogP contribution in [-0.2, 0) is 16.1 Å². The number of hydrogen-bond donors (Lipinski definition) is 0. The second kappa shape index (κ2) is 13.1. The molecule has 3 rings (SSSR count). The molecule has 0 saturated heterocycles. The van der Waals surface area contributed by atoms with Gasteiger partial charge in [0.05, 0.1) is 17.7 Å². The van der Waals surface area contributed by atoms with E-state index in [0.717, 1.165) is 30.6 Å². The molecule has 3 aromatic carbocycles. The van der Waals surface area contributed by atoms with Crippen LogP contribution in [0.25, 0.3) is 0 Å². The Hall–Kier alpha value is -3.60. The highest BCUT2D eigenvalue weighted by Crippen LogP contribution is 2.22. The molecule has 0 unspecified atom stereocenters. The van der Waals surface area contributed by atoms with E-state index in [2.05, 4.69) is 6.92 Å². The third kappa shape index (κ3) is 8.11. The molecule has 0 aliphatic rings. The number of unbranched alkanes of at least 4 members (excludes halogenated alkanes) is 4. The summed E-state index contributed by atoms with van der Waals surface area (Å²) in [4.78, 5) is 24.8. The van der Waals surface area contributed by atoms with Crippen molar-refractivity contribution in [3.05, 3.63) is 95.6 Å². The summed E-state index contributed by atoms with van der Waals surface area (Å²) in [6, 6.07) is 23.3. The smallest absolute Gasteiger partial charge is 0.338 e. The largest absolute Gasteiger partial charge is 0.462 e. The molecule has 0 aliphatic heterocycles. The van der Waals surface area contributed by atoms with Crippen molar-refractivity contribution in [3.63, 3.8) is 0 Å². The molecule has 0 bridgehead atoms. The topological polar surface area (TPSA) is 61.8 Å². The van der Waals surface area contributed by atoms with Crippen LogP contribution in [0.4, 0.5) is 0 Å². The average Bonchev–Trinajstić information content (AvgIpc) is 2.85. The van der Waals surface area contributed by atoms with Gasteiger partial charge in [0.25, 0.3) is 0 Å². The van der Waals surface area contributed by atoms with E-state index in [1.54, 1.807) is 18.2 Å². The van der Waals surface area contributed by atoms with E-state index in [4.69, 9.17) is 14.2 Å². The van der Waals surface area contributed by atoms with E-state index < -0.39 is 11.9 Å². The fourth-order valence-electron chi connectivity index (χ4n) is 3.28. The van der Waals surface area contributed by atoms with E-state index in [-0.39, 0.29) is 6.61 Å². The molecule has 5 heteroatoms. The summed E-state index contributed by atoms with van der Waals surface area (Å²) in [5.74, 6) is 0.468. The minimum absolute atomic E-state index is 0.0945. The molecule has 0 N–H and O–H groups in total. The first-order chi connectivity index (χ1) is 16.2. The number of carbonyl (C=O) groups excluding carboxylic acids is 2. The van der Waals surface area contributed by atoms with Gasteiger partial charge in [0.15, 0.2) is 0 Å². The number of carbonyl (C=O) groups is 2. The van der Waals surface area contributed by atoms with Crippen molar-refractivity contribution in [1.82, 2.24) is 0 Å².